The van der Waals surface area contributed by atoms with Crippen LogP contribution in [0, 0.1) is 11.3 Å². The van der Waals surface area contributed by atoms with Crippen molar-refractivity contribution in [3.63, 3.8) is 0 Å². The Morgan fingerprint density at radius 3 is 2.55 bits per heavy atom. The lowest BCUT2D eigenvalue weighted by Crippen LogP contribution is -2.31. The summed E-state index contributed by atoms with van der Waals surface area (Å²) in [5, 5.41) is 11.9. The monoisotopic (exact) mass is 431 g/mol. The second-order valence-electron chi connectivity index (χ2n) is 6.19. The van der Waals surface area contributed by atoms with Gasteiger partial charge in [0.25, 0.3) is 5.91 Å². The second kappa shape index (κ2) is 11.0. The number of nitrogens with zero attached hydrogens (tertiary/aromatic N) is 2. The van der Waals surface area contributed by atoms with Crippen molar-refractivity contribution in [2.45, 2.75) is 24.5 Å². The van der Waals surface area contributed by atoms with E-state index in [9.17, 15) is 13.2 Å². The quantitative estimate of drug-likeness (QED) is 0.583. The Morgan fingerprint density at radius 1 is 1.14 bits per heavy atom. The van der Waals surface area contributed by atoms with Gasteiger partial charge in [-0.1, -0.05) is 38.1 Å². The second-order valence-corrected chi connectivity index (χ2v) is 9.24. The van der Waals surface area contributed by atoms with Crippen molar-refractivity contribution in [1.29, 1.82) is 5.26 Å². The Morgan fingerprint density at radius 2 is 1.86 bits per heavy atom. The van der Waals surface area contributed by atoms with Gasteiger partial charge in [0.2, 0.25) is 10.0 Å². The van der Waals surface area contributed by atoms with Crippen LogP contribution in [0.15, 0.2) is 53.4 Å². The van der Waals surface area contributed by atoms with E-state index in [4.69, 9.17) is 5.26 Å². The molecule has 8 heteroatoms. The van der Waals surface area contributed by atoms with Crippen molar-refractivity contribution in [3.05, 3.63) is 65.2 Å². The van der Waals surface area contributed by atoms with Crippen molar-refractivity contribution in [3.8, 4) is 6.07 Å². The van der Waals surface area contributed by atoms with Gasteiger partial charge in [-0.05, 0) is 29.8 Å². The highest BCUT2D eigenvalue weighted by molar-refractivity contribution is 7.98. The minimum atomic E-state index is -3.60. The lowest BCUT2D eigenvalue weighted by Gasteiger charge is -2.18. The summed E-state index contributed by atoms with van der Waals surface area (Å²) in [6, 6.07) is 15.7. The van der Waals surface area contributed by atoms with Crippen LogP contribution in [0.1, 0.15) is 35.3 Å². The molecule has 2 aromatic carbocycles. The summed E-state index contributed by atoms with van der Waals surface area (Å²) in [5.74, 6) is 1.07. The van der Waals surface area contributed by atoms with Crippen LogP contribution >= 0.6 is 11.8 Å². The number of carbonyl (C=O) groups excluding carboxylic acids is 1. The zero-order valence-electron chi connectivity index (χ0n) is 16.6. The molecule has 1 N–H and O–H groups in total. The van der Waals surface area contributed by atoms with Gasteiger partial charge in [-0.3, -0.25) is 4.79 Å². The van der Waals surface area contributed by atoms with E-state index >= 15 is 0 Å². The van der Waals surface area contributed by atoms with Crippen molar-refractivity contribution in [2.75, 3.05) is 25.4 Å². The van der Waals surface area contributed by atoms with Crippen LogP contribution in [0.2, 0.25) is 0 Å². The standard InChI is InChI=1S/C21H25N3O3S2/c1-3-24(4-2)29(26,27)20-11-7-10-17(14-20)21(25)23-12-13-28-16-19-9-6-5-8-18(19)15-22/h5-11,14H,3-4,12-13,16H2,1-2H3,(H,23,25). The molecule has 0 fully saturated rings. The zero-order chi connectivity index (χ0) is 21.3. The van der Waals surface area contributed by atoms with Crippen molar-refractivity contribution in [2.24, 2.45) is 0 Å². The molecule has 0 saturated heterocycles. The third-order valence-electron chi connectivity index (χ3n) is 4.37. The highest BCUT2D eigenvalue weighted by Crippen LogP contribution is 2.18. The summed E-state index contributed by atoms with van der Waals surface area (Å²) in [6.45, 7) is 4.77. The maximum absolute atomic E-state index is 12.6. The van der Waals surface area contributed by atoms with Crippen molar-refractivity contribution in [1.82, 2.24) is 9.62 Å². The predicted molar refractivity (Wildman–Crippen MR) is 116 cm³/mol. The smallest absolute Gasteiger partial charge is 0.251 e. The largest absolute Gasteiger partial charge is 0.351 e. The average molecular weight is 432 g/mol. The molecule has 0 atom stereocenters. The van der Waals surface area contributed by atoms with E-state index in [1.807, 2.05) is 18.2 Å². The summed E-state index contributed by atoms with van der Waals surface area (Å²) in [4.78, 5) is 12.5. The fourth-order valence-electron chi connectivity index (χ4n) is 2.79. The number of benzene rings is 2. The number of nitrogens with one attached hydrogen (secondary N) is 1. The van der Waals surface area contributed by atoms with E-state index < -0.39 is 10.0 Å². The molecule has 0 radical (unpaired) electrons. The summed E-state index contributed by atoms with van der Waals surface area (Å²) >= 11 is 1.62. The average Bonchev–Trinajstić information content (AvgIpc) is 2.74. The summed E-state index contributed by atoms with van der Waals surface area (Å²) < 4.78 is 26.6. The molecular formula is C21H25N3O3S2. The first-order valence-corrected chi connectivity index (χ1v) is 12.0. The SMILES string of the molecule is CCN(CC)S(=O)(=O)c1cccc(C(=O)NCCSCc2ccccc2C#N)c1. The summed E-state index contributed by atoms with van der Waals surface area (Å²) in [6.07, 6.45) is 0. The Hall–Kier alpha value is -2.34. The van der Waals surface area contributed by atoms with Gasteiger partial charge in [0.1, 0.15) is 0 Å². The van der Waals surface area contributed by atoms with E-state index in [0.717, 1.165) is 5.56 Å². The van der Waals surface area contributed by atoms with Gasteiger partial charge in [-0.25, -0.2) is 8.42 Å². The lowest BCUT2D eigenvalue weighted by molar-refractivity contribution is 0.0956. The van der Waals surface area contributed by atoms with E-state index in [1.54, 1.807) is 43.8 Å². The minimum Gasteiger partial charge on any atom is -0.351 e. The molecule has 2 aromatic rings. The Bertz CT molecular complexity index is 981. The van der Waals surface area contributed by atoms with E-state index in [0.29, 0.717) is 42.3 Å². The van der Waals surface area contributed by atoms with Crippen molar-refractivity contribution < 1.29 is 13.2 Å². The molecule has 0 aliphatic rings. The molecule has 29 heavy (non-hydrogen) atoms. The number of rotatable bonds is 10. The van der Waals surface area contributed by atoms with E-state index in [1.165, 1.54) is 16.4 Å². The van der Waals surface area contributed by atoms with Crippen LogP contribution in [0.3, 0.4) is 0 Å². The minimum absolute atomic E-state index is 0.122. The first-order chi connectivity index (χ1) is 13.9. The predicted octanol–water partition coefficient (Wildman–Crippen LogP) is 3.25. The van der Waals surface area contributed by atoms with Gasteiger partial charge in [0, 0.05) is 36.7 Å². The third kappa shape index (κ3) is 6.07. The maximum Gasteiger partial charge on any atom is 0.251 e. The van der Waals surface area contributed by atoms with Crippen LogP contribution in [-0.4, -0.2) is 44.0 Å². The van der Waals surface area contributed by atoms with E-state index in [-0.39, 0.29) is 10.8 Å². The molecule has 0 bridgehead atoms. The highest BCUT2D eigenvalue weighted by atomic mass is 32.2. The van der Waals surface area contributed by atoms with Gasteiger partial charge in [0.05, 0.1) is 16.5 Å². The molecular weight excluding hydrogens is 406 g/mol. The molecule has 0 aliphatic carbocycles. The number of amides is 1. The summed E-state index contributed by atoms with van der Waals surface area (Å²) in [5.41, 5.74) is 1.95. The van der Waals surface area contributed by atoms with Crippen molar-refractivity contribution >= 4 is 27.7 Å². The van der Waals surface area contributed by atoms with Gasteiger partial charge in [0.15, 0.2) is 0 Å². The number of hydrogen-bond donors (Lipinski definition) is 1. The maximum atomic E-state index is 12.6. The van der Waals surface area contributed by atoms with Gasteiger partial charge < -0.3 is 5.32 Å². The topological polar surface area (TPSA) is 90.3 Å². The molecule has 0 heterocycles. The van der Waals surface area contributed by atoms with Gasteiger partial charge in [-0.2, -0.15) is 21.3 Å². The molecule has 6 nitrogen and oxygen atoms in total. The van der Waals surface area contributed by atoms with Gasteiger partial charge >= 0.3 is 0 Å². The van der Waals surface area contributed by atoms with Crippen LogP contribution < -0.4 is 5.32 Å². The van der Waals surface area contributed by atoms with Crippen LogP contribution in [-0.2, 0) is 15.8 Å². The Labute approximate surface area is 177 Å². The lowest BCUT2D eigenvalue weighted by atomic mass is 10.1. The molecule has 0 unspecified atom stereocenters. The normalized spacial score (nSPS) is 11.2. The van der Waals surface area contributed by atoms with Gasteiger partial charge in [-0.15, -0.1) is 0 Å². The van der Waals surface area contributed by atoms with E-state index in [2.05, 4.69) is 11.4 Å². The Balaban J connectivity index is 1.91. The van der Waals surface area contributed by atoms with Crippen LogP contribution in [0.4, 0.5) is 0 Å². The number of carbonyl (C=O) groups is 1. The molecule has 1 amide bonds. The molecule has 2 rings (SSSR count). The number of sulfonamides is 1. The molecule has 0 aliphatic heterocycles. The third-order valence-corrected chi connectivity index (χ3v) is 7.42. The number of hydrogen-bond acceptors (Lipinski definition) is 5. The molecule has 0 aromatic heterocycles. The fraction of sp³-hybridized carbons (Fsp3) is 0.333. The first kappa shape index (κ1) is 22.9. The zero-order valence-corrected chi connectivity index (χ0v) is 18.2. The number of thioether (sulfide) groups is 1. The molecule has 154 valence electrons. The van der Waals surface area contributed by atoms with Crippen LogP contribution in [0.5, 0.6) is 0 Å². The summed E-state index contributed by atoms with van der Waals surface area (Å²) in [7, 11) is -3.60. The Kier molecular flexibility index (Phi) is 8.70. The molecule has 0 saturated carbocycles. The van der Waals surface area contributed by atoms with Crippen LogP contribution in [0.25, 0.3) is 0 Å². The first-order valence-electron chi connectivity index (χ1n) is 9.38. The highest BCUT2D eigenvalue weighted by Gasteiger charge is 2.22. The molecule has 0 spiro atoms. The fourth-order valence-corrected chi connectivity index (χ4v) is 5.15. The number of nitriles is 1.